The Labute approximate surface area is 174 Å². The SMILES string of the molecule is Cc1ccccc1C1=NCc2c(-c3cnco3)ncn2-c2ccc(C34CC3C4)cc21. The minimum Gasteiger partial charge on any atom is -0.442 e. The quantitative estimate of drug-likeness (QED) is 0.501. The maximum Gasteiger partial charge on any atom is 0.181 e. The summed E-state index contributed by atoms with van der Waals surface area (Å²) in [5.41, 5.74) is 9.56. The van der Waals surface area contributed by atoms with Crippen molar-refractivity contribution in [1.82, 2.24) is 14.5 Å². The predicted molar refractivity (Wildman–Crippen MR) is 114 cm³/mol. The Balaban J connectivity index is 1.47. The fourth-order valence-electron chi connectivity index (χ4n) is 5.00. The molecule has 3 heterocycles. The first kappa shape index (κ1) is 16.3. The lowest BCUT2D eigenvalue weighted by molar-refractivity contribution is 0.569. The zero-order valence-electron chi connectivity index (χ0n) is 16.7. The second kappa shape index (κ2) is 5.57. The van der Waals surface area contributed by atoms with Gasteiger partial charge >= 0.3 is 0 Å². The minimum atomic E-state index is 0.459. The second-order valence-corrected chi connectivity index (χ2v) is 8.75. The first-order chi connectivity index (χ1) is 14.7. The summed E-state index contributed by atoms with van der Waals surface area (Å²) < 4.78 is 7.71. The molecule has 5 heteroatoms. The molecule has 0 saturated heterocycles. The van der Waals surface area contributed by atoms with Crippen LogP contribution in [0.25, 0.3) is 17.1 Å². The standard InChI is InChI=1S/C25H20N4O/c1-15-4-2-3-5-18(15)23-19-8-16(25-9-17(25)10-25)6-7-20(19)29-13-28-24(21(29)11-27-23)22-12-26-14-30-22/h2-8,12-14,17H,9-11H2,1H3. The molecular weight excluding hydrogens is 372 g/mol. The van der Waals surface area contributed by atoms with Gasteiger partial charge in [-0.05, 0) is 54.4 Å². The molecule has 0 radical (unpaired) electrons. The summed E-state index contributed by atoms with van der Waals surface area (Å²) in [5.74, 6) is 1.58. The van der Waals surface area contributed by atoms with E-state index < -0.39 is 0 Å². The van der Waals surface area contributed by atoms with Gasteiger partial charge in [0.2, 0.25) is 0 Å². The van der Waals surface area contributed by atoms with E-state index in [2.05, 4.69) is 63.9 Å². The van der Waals surface area contributed by atoms with E-state index in [4.69, 9.17) is 9.41 Å². The molecule has 2 aliphatic carbocycles. The minimum absolute atomic E-state index is 0.459. The van der Waals surface area contributed by atoms with Crippen LogP contribution >= 0.6 is 0 Å². The largest absolute Gasteiger partial charge is 0.442 e. The van der Waals surface area contributed by atoms with E-state index in [9.17, 15) is 0 Å². The number of fused-ring (bicyclic) bond motifs is 4. The molecule has 0 bridgehead atoms. The molecule has 0 amide bonds. The third-order valence-corrected chi connectivity index (χ3v) is 7.09. The molecule has 5 nitrogen and oxygen atoms in total. The predicted octanol–water partition coefficient (Wildman–Crippen LogP) is 4.85. The molecule has 3 aliphatic rings. The van der Waals surface area contributed by atoms with Crippen LogP contribution in [0.3, 0.4) is 0 Å². The van der Waals surface area contributed by atoms with Gasteiger partial charge in [0.25, 0.3) is 0 Å². The van der Waals surface area contributed by atoms with E-state index in [1.807, 2.05) is 6.33 Å². The molecule has 0 unspecified atom stereocenters. The van der Waals surface area contributed by atoms with Crippen molar-refractivity contribution in [2.24, 2.45) is 10.9 Å². The Kier molecular flexibility index (Phi) is 3.03. The average molecular weight is 392 g/mol. The van der Waals surface area contributed by atoms with Crippen molar-refractivity contribution in [3.8, 4) is 17.1 Å². The maximum absolute atomic E-state index is 5.55. The van der Waals surface area contributed by atoms with Crippen molar-refractivity contribution in [1.29, 1.82) is 0 Å². The van der Waals surface area contributed by atoms with E-state index in [0.717, 1.165) is 28.7 Å². The molecule has 0 spiro atoms. The number of aliphatic imine (C=N–C) groups is 1. The van der Waals surface area contributed by atoms with Gasteiger partial charge < -0.3 is 4.42 Å². The Hall–Kier alpha value is -3.47. The van der Waals surface area contributed by atoms with E-state index in [0.29, 0.717) is 17.7 Å². The molecule has 7 rings (SSSR count). The van der Waals surface area contributed by atoms with Gasteiger partial charge in [-0.1, -0.05) is 30.3 Å². The molecule has 2 saturated carbocycles. The summed E-state index contributed by atoms with van der Waals surface area (Å²) in [7, 11) is 0. The zero-order chi connectivity index (χ0) is 19.9. The van der Waals surface area contributed by atoms with E-state index in [1.165, 1.54) is 41.5 Å². The first-order valence-electron chi connectivity index (χ1n) is 10.5. The number of nitrogens with zero attached hydrogens (tertiary/aromatic N) is 4. The van der Waals surface area contributed by atoms with Crippen LogP contribution in [0, 0.1) is 12.8 Å². The number of hydrogen-bond donors (Lipinski definition) is 0. The van der Waals surface area contributed by atoms with Crippen LogP contribution in [0.4, 0.5) is 0 Å². The molecule has 146 valence electrons. The van der Waals surface area contributed by atoms with Gasteiger partial charge in [0, 0.05) is 11.1 Å². The van der Waals surface area contributed by atoms with Crippen molar-refractivity contribution in [3.63, 3.8) is 0 Å². The number of benzene rings is 2. The third kappa shape index (κ3) is 2.15. The van der Waals surface area contributed by atoms with Crippen molar-refractivity contribution in [2.45, 2.75) is 31.7 Å². The van der Waals surface area contributed by atoms with Crippen LogP contribution in [-0.2, 0) is 12.0 Å². The number of rotatable bonds is 3. The van der Waals surface area contributed by atoms with Gasteiger partial charge in [-0.2, -0.15) is 0 Å². The lowest BCUT2D eigenvalue weighted by Crippen LogP contribution is -2.10. The molecule has 0 atom stereocenters. The van der Waals surface area contributed by atoms with Gasteiger partial charge in [-0.25, -0.2) is 9.97 Å². The highest BCUT2D eigenvalue weighted by Crippen LogP contribution is 2.75. The highest BCUT2D eigenvalue weighted by atomic mass is 16.3. The summed E-state index contributed by atoms with van der Waals surface area (Å²) in [6.07, 6.45) is 7.73. The number of aromatic nitrogens is 3. The number of hydrogen-bond acceptors (Lipinski definition) is 4. The topological polar surface area (TPSA) is 56.2 Å². The van der Waals surface area contributed by atoms with Gasteiger partial charge in [0.05, 0.1) is 29.8 Å². The van der Waals surface area contributed by atoms with Crippen LogP contribution in [0.2, 0.25) is 0 Å². The molecule has 2 aromatic carbocycles. The number of aryl methyl sites for hydroxylation is 1. The van der Waals surface area contributed by atoms with Crippen molar-refractivity contribution >= 4 is 5.71 Å². The van der Waals surface area contributed by atoms with Crippen molar-refractivity contribution in [2.75, 3.05) is 0 Å². The van der Waals surface area contributed by atoms with Crippen LogP contribution in [-0.4, -0.2) is 20.2 Å². The smallest absolute Gasteiger partial charge is 0.181 e. The van der Waals surface area contributed by atoms with E-state index >= 15 is 0 Å². The van der Waals surface area contributed by atoms with Gasteiger partial charge in [-0.15, -0.1) is 0 Å². The van der Waals surface area contributed by atoms with Crippen LogP contribution in [0.15, 0.2) is 70.8 Å². The lowest BCUT2D eigenvalue weighted by atomic mass is 9.93. The molecule has 4 aromatic rings. The average Bonchev–Trinajstić information content (AvgIpc) is 3.48. The Morgan fingerprint density at radius 2 is 1.97 bits per heavy atom. The fourth-order valence-corrected chi connectivity index (χ4v) is 5.00. The zero-order valence-corrected chi connectivity index (χ0v) is 16.7. The molecule has 30 heavy (non-hydrogen) atoms. The molecule has 1 aliphatic heterocycles. The number of oxazole rings is 1. The Bertz CT molecular complexity index is 1340. The third-order valence-electron chi connectivity index (χ3n) is 7.09. The van der Waals surface area contributed by atoms with Crippen molar-refractivity contribution in [3.05, 3.63) is 89.3 Å². The van der Waals surface area contributed by atoms with Crippen LogP contribution in [0.1, 0.15) is 40.8 Å². The van der Waals surface area contributed by atoms with Crippen molar-refractivity contribution < 1.29 is 4.42 Å². The monoisotopic (exact) mass is 392 g/mol. The summed E-state index contributed by atoms with van der Waals surface area (Å²) in [6, 6.07) is 15.5. The maximum atomic E-state index is 5.55. The lowest BCUT2D eigenvalue weighted by Gasteiger charge is -2.16. The first-order valence-corrected chi connectivity index (χ1v) is 10.5. The Morgan fingerprint density at radius 3 is 2.73 bits per heavy atom. The summed E-state index contributed by atoms with van der Waals surface area (Å²) >= 11 is 0. The normalized spacial score (nSPS) is 23.1. The number of imidazole rings is 1. The molecular formula is C25H20N4O. The van der Waals surface area contributed by atoms with Crippen LogP contribution in [0.5, 0.6) is 0 Å². The highest BCUT2D eigenvalue weighted by Gasteiger charge is 2.70. The molecule has 2 fully saturated rings. The summed E-state index contributed by atoms with van der Waals surface area (Å²) in [5, 5.41) is 0. The summed E-state index contributed by atoms with van der Waals surface area (Å²) in [4.78, 5) is 13.8. The Morgan fingerprint density at radius 1 is 1.10 bits per heavy atom. The highest BCUT2D eigenvalue weighted by molar-refractivity contribution is 6.16. The van der Waals surface area contributed by atoms with Gasteiger partial charge in [0.15, 0.2) is 12.2 Å². The second-order valence-electron chi connectivity index (χ2n) is 8.75. The summed E-state index contributed by atoms with van der Waals surface area (Å²) in [6.45, 7) is 2.70. The van der Waals surface area contributed by atoms with Gasteiger partial charge in [-0.3, -0.25) is 9.56 Å². The fraction of sp³-hybridized carbons (Fsp3) is 0.240. The van der Waals surface area contributed by atoms with E-state index in [1.54, 1.807) is 6.20 Å². The molecule has 2 aromatic heterocycles. The van der Waals surface area contributed by atoms with Gasteiger partial charge in [0.1, 0.15) is 12.0 Å². The van der Waals surface area contributed by atoms with Crippen LogP contribution < -0.4 is 0 Å². The van der Waals surface area contributed by atoms with E-state index in [-0.39, 0.29) is 0 Å². The molecule has 0 N–H and O–H groups in total.